The minimum atomic E-state index is -0.148. The highest BCUT2D eigenvalue weighted by Gasteiger charge is 2.05. The molecule has 0 bridgehead atoms. The molecule has 5 nitrogen and oxygen atoms in total. The lowest BCUT2D eigenvalue weighted by atomic mass is 10.3. The van der Waals surface area contributed by atoms with E-state index in [1.807, 2.05) is 0 Å². The summed E-state index contributed by atoms with van der Waals surface area (Å²) < 4.78 is 7.06. The van der Waals surface area contributed by atoms with Gasteiger partial charge in [-0.05, 0) is 0 Å². The Hall–Kier alpha value is -1.59. The molecule has 2 rings (SSSR count). The fraction of sp³-hybridized carbons (Fsp3) is 0.200. The third-order valence-corrected chi connectivity index (χ3v) is 2.32. The first kappa shape index (κ1) is 10.9. The lowest BCUT2D eigenvalue weighted by molar-refractivity contribution is 0.281. The molecule has 0 fully saturated rings. The fourth-order valence-electron chi connectivity index (χ4n) is 1.21. The first-order chi connectivity index (χ1) is 7.69. The van der Waals surface area contributed by atoms with E-state index in [4.69, 9.17) is 21.4 Å². The summed E-state index contributed by atoms with van der Waals surface area (Å²) in [6.45, 7) is -0.148. The van der Waals surface area contributed by atoms with Crippen LogP contribution < -0.4 is 4.74 Å². The number of aliphatic hydroxyl groups is 1. The monoisotopic (exact) mass is 239 g/mol. The van der Waals surface area contributed by atoms with Crippen LogP contribution in [0.2, 0.25) is 5.02 Å². The van der Waals surface area contributed by atoms with Gasteiger partial charge in [-0.1, -0.05) is 11.6 Å². The molecule has 0 saturated carbocycles. The molecule has 0 aliphatic heterocycles. The summed E-state index contributed by atoms with van der Waals surface area (Å²) in [4.78, 5) is 3.99. The number of aromatic nitrogens is 3. The van der Waals surface area contributed by atoms with Gasteiger partial charge >= 0.3 is 0 Å². The van der Waals surface area contributed by atoms with Crippen LogP contribution in [0.25, 0.3) is 0 Å². The number of ether oxygens (including phenoxy) is 1. The van der Waals surface area contributed by atoms with Gasteiger partial charge in [0.25, 0.3) is 0 Å². The summed E-state index contributed by atoms with van der Waals surface area (Å²) in [7, 11) is 1.79. The van der Waals surface area contributed by atoms with Gasteiger partial charge in [-0.3, -0.25) is 4.68 Å². The summed E-state index contributed by atoms with van der Waals surface area (Å²) in [5, 5.41) is 13.4. The number of aryl methyl sites for hydroxylation is 1. The van der Waals surface area contributed by atoms with Gasteiger partial charge in [0.05, 0.1) is 24.0 Å². The summed E-state index contributed by atoms with van der Waals surface area (Å²) in [5.41, 5.74) is 0.579. The van der Waals surface area contributed by atoms with Crippen molar-refractivity contribution in [3.05, 3.63) is 35.2 Å². The van der Waals surface area contributed by atoms with Crippen LogP contribution in [0, 0.1) is 0 Å². The SMILES string of the molecule is Cn1cc(Oc2cc(CO)c(Cl)cn2)cn1. The van der Waals surface area contributed by atoms with Crippen LogP contribution in [0.4, 0.5) is 0 Å². The van der Waals surface area contributed by atoms with Gasteiger partial charge < -0.3 is 9.84 Å². The Morgan fingerprint density at radius 2 is 2.31 bits per heavy atom. The lowest BCUT2D eigenvalue weighted by Gasteiger charge is -2.04. The number of pyridine rings is 1. The van der Waals surface area contributed by atoms with E-state index >= 15 is 0 Å². The van der Waals surface area contributed by atoms with E-state index in [0.717, 1.165) is 0 Å². The molecule has 0 saturated heterocycles. The Balaban J connectivity index is 2.21. The molecule has 6 heteroatoms. The molecule has 0 aliphatic rings. The van der Waals surface area contributed by atoms with E-state index in [0.29, 0.717) is 22.2 Å². The van der Waals surface area contributed by atoms with Crippen molar-refractivity contribution in [2.75, 3.05) is 0 Å². The van der Waals surface area contributed by atoms with E-state index in [1.165, 1.54) is 6.20 Å². The van der Waals surface area contributed by atoms with Crippen LogP contribution in [-0.4, -0.2) is 19.9 Å². The number of nitrogens with zero attached hydrogens (tertiary/aromatic N) is 3. The minimum absolute atomic E-state index is 0.148. The van der Waals surface area contributed by atoms with Crippen LogP contribution in [0.3, 0.4) is 0 Å². The maximum absolute atomic E-state index is 9.03. The quantitative estimate of drug-likeness (QED) is 0.887. The molecule has 0 radical (unpaired) electrons. The Morgan fingerprint density at radius 1 is 1.50 bits per heavy atom. The van der Waals surface area contributed by atoms with Crippen molar-refractivity contribution in [3.63, 3.8) is 0 Å². The lowest BCUT2D eigenvalue weighted by Crippen LogP contribution is -1.91. The third kappa shape index (κ3) is 2.32. The van der Waals surface area contributed by atoms with Crippen LogP contribution in [0.1, 0.15) is 5.56 Å². The molecule has 0 atom stereocenters. The Bertz CT molecular complexity index is 499. The molecule has 0 aliphatic carbocycles. The van der Waals surface area contributed by atoms with E-state index < -0.39 is 0 Å². The predicted molar refractivity (Wildman–Crippen MR) is 58.5 cm³/mol. The molecule has 2 aromatic rings. The van der Waals surface area contributed by atoms with Crippen LogP contribution >= 0.6 is 11.6 Å². The van der Waals surface area contributed by atoms with Crippen LogP contribution in [0.15, 0.2) is 24.7 Å². The molecule has 84 valence electrons. The zero-order valence-corrected chi connectivity index (χ0v) is 9.35. The van der Waals surface area contributed by atoms with Crippen LogP contribution in [0.5, 0.6) is 11.6 Å². The van der Waals surface area contributed by atoms with Gasteiger partial charge in [-0.25, -0.2) is 4.98 Å². The highest BCUT2D eigenvalue weighted by Crippen LogP contribution is 2.23. The second kappa shape index (κ2) is 4.51. The molecule has 1 N–H and O–H groups in total. The third-order valence-electron chi connectivity index (χ3n) is 1.98. The van der Waals surface area contributed by atoms with E-state index in [2.05, 4.69) is 10.1 Å². The van der Waals surface area contributed by atoms with Gasteiger partial charge in [0, 0.05) is 24.9 Å². The van der Waals surface area contributed by atoms with Crippen molar-refractivity contribution in [2.45, 2.75) is 6.61 Å². The average molecular weight is 240 g/mol. The summed E-state index contributed by atoms with van der Waals surface area (Å²) in [6, 6.07) is 1.59. The highest BCUT2D eigenvalue weighted by molar-refractivity contribution is 6.31. The minimum Gasteiger partial charge on any atom is -0.436 e. The first-order valence-corrected chi connectivity index (χ1v) is 4.98. The molecule has 16 heavy (non-hydrogen) atoms. The van der Waals surface area contributed by atoms with Crippen molar-refractivity contribution >= 4 is 11.6 Å². The van der Waals surface area contributed by atoms with Crippen molar-refractivity contribution < 1.29 is 9.84 Å². The first-order valence-electron chi connectivity index (χ1n) is 4.61. The number of halogens is 1. The molecule has 0 unspecified atom stereocenters. The van der Waals surface area contributed by atoms with E-state index in [1.54, 1.807) is 30.2 Å². The number of hydrogen-bond acceptors (Lipinski definition) is 4. The Kier molecular flexibility index (Phi) is 3.07. The standard InChI is InChI=1S/C10H10ClN3O2/c1-14-5-8(3-13-14)16-10-2-7(6-15)9(11)4-12-10/h2-5,15H,6H2,1H3. The molecule has 2 aromatic heterocycles. The topological polar surface area (TPSA) is 60.2 Å². The maximum atomic E-state index is 9.03. The summed E-state index contributed by atoms with van der Waals surface area (Å²) in [5.74, 6) is 0.961. The predicted octanol–water partition coefficient (Wildman–Crippen LogP) is 1.75. The van der Waals surface area contributed by atoms with Gasteiger partial charge in [0.1, 0.15) is 0 Å². The smallest absolute Gasteiger partial charge is 0.219 e. The Labute approximate surface area is 97.3 Å². The number of aliphatic hydroxyl groups excluding tert-OH is 1. The maximum Gasteiger partial charge on any atom is 0.219 e. The molecule has 0 amide bonds. The second-order valence-electron chi connectivity index (χ2n) is 3.22. The summed E-state index contributed by atoms with van der Waals surface area (Å²) >= 11 is 5.81. The molecular formula is C10H10ClN3O2. The zero-order chi connectivity index (χ0) is 11.5. The zero-order valence-electron chi connectivity index (χ0n) is 8.59. The Morgan fingerprint density at radius 3 is 2.94 bits per heavy atom. The van der Waals surface area contributed by atoms with Gasteiger partial charge in [-0.2, -0.15) is 5.10 Å². The van der Waals surface area contributed by atoms with Crippen molar-refractivity contribution in [1.29, 1.82) is 0 Å². The van der Waals surface area contributed by atoms with Crippen LogP contribution in [-0.2, 0) is 13.7 Å². The second-order valence-corrected chi connectivity index (χ2v) is 3.63. The van der Waals surface area contributed by atoms with Crippen molar-refractivity contribution in [1.82, 2.24) is 14.8 Å². The van der Waals surface area contributed by atoms with Gasteiger partial charge in [-0.15, -0.1) is 0 Å². The highest BCUT2D eigenvalue weighted by atomic mass is 35.5. The number of hydrogen-bond donors (Lipinski definition) is 1. The van der Waals surface area contributed by atoms with E-state index in [-0.39, 0.29) is 6.61 Å². The molecule has 0 aromatic carbocycles. The summed E-state index contributed by atoms with van der Waals surface area (Å²) in [6.07, 6.45) is 4.74. The van der Waals surface area contributed by atoms with E-state index in [9.17, 15) is 0 Å². The average Bonchev–Trinajstić information content (AvgIpc) is 2.67. The molecule has 0 spiro atoms. The largest absolute Gasteiger partial charge is 0.436 e. The van der Waals surface area contributed by atoms with Crippen molar-refractivity contribution in [2.24, 2.45) is 7.05 Å². The fourth-order valence-corrected chi connectivity index (χ4v) is 1.37. The molecular weight excluding hydrogens is 230 g/mol. The van der Waals surface area contributed by atoms with Gasteiger partial charge in [0.15, 0.2) is 5.75 Å². The normalized spacial score (nSPS) is 10.4. The molecule has 2 heterocycles. The van der Waals surface area contributed by atoms with Gasteiger partial charge in [0.2, 0.25) is 5.88 Å². The number of rotatable bonds is 3. The van der Waals surface area contributed by atoms with Crippen molar-refractivity contribution in [3.8, 4) is 11.6 Å².